The van der Waals surface area contributed by atoms with Gasteiger partial charge < -0.3 is 20.7 Å². The first-order valence-electron chi connectivity index (χ1n) is 4.80. The van der Waals surface area contributed by atoms with Crippen molar-refractivity contribution in [2.45, 2.75) is 12.1 Å². The van der Waals surface area contributed by atoms with E-state index in [4.69, 9.17) is 10.8 Å². The van der Waals surface area contributed by atoms with Gasteiger partial charge in [-0.25, -0.2) is 8.78 Å². The SMILES string of the molecule is COc1c(F)c(F)c([C@H](O)[C@@H](N)C(=O)O)c(F)c1F. The monoisotopic (exact) mass is 283 g/mol. The molecule has 0 fully saturated rings. The zero-order chi connectivity index (χ0) is 14.9. The van der Waals surface area contributed by atoms with E-state index >= 15 is 0 Å². The number of halogens is 4. The van der Waals surface area contributed by atoms with Crippen LogP contribution in [0.2, 0.25) is 0 Å². The smallest absolute Gasteiger partial charge is 0.323 e. The summed E-state index contributed by atoms with van der Waals surface area (Å²) < 4.78 is 57.8. The van der Waals surface area contributed by atoms with Gasteiger partial charge in [-0.15, -0.1) is 0 Å². The number of nitrogens with two attached hydrogens (primary N) is 1. The van der Waals surface area contributed by atoms with Gasteiger partial charge >= 0.3 is 5.97 Å². The molecule has 2 atom stereocenters. The summed E-state index contributed by atoms with van der Waals surface area (Å²) in [5.41, 5.74) is 3.43. The Hall–Kier alpha value is -1.87. The summed E-state index contributed by atoms with van der Waals surface area (Å²) in [7, 11) is 0.777. The fraction of sp³-hybridized carbons (Fsp3) is 0.300. The number of aliphatic hydroxyl groups excluding tert-OH is 1. The van der Waals surface area contributed by atoms with E-state index in [1.807, 2.05) is 0 Å². The first-order chi connectivity index (χ1) is 8.73. The summed E-state index contributed by atoms with van der Waals surface area (Å²) in [6, 6.07) is -2.16. The Morgan fingerprint density at radius 2 is 1.58 bits per heavy atom. The maximum absolute atomic E-state index is 13.5. The highest BCUT2D eigenvalue weighted by atomic mass is 19.2. The molecule has 106 valence electrons. The van der Waals surface area contributed by atoms with Crippen LogP contribution >= 0.6 is 0 Å². The van der Waals surface area contributed by atoms with Gasteiger partial charge in [-0.1, -0.05) is 0 Å². The maximum atomic E-state index is 13.5. The van der Waals surface area contributed by atoms with Crippen LogP contribution in [0.25, 0.3) is 0 Å². The van der Waals surface area contributed by atoms with E-state index < -0.39 is 52.7 Å². The summed E-state index contributed by atoms with van der Waals surface area (Å²) in [4.78, 5) is 10.5. The number of carboxylic acids is 1. The normalized spacial score (nSPS) is 14.1. The second-order valence-electron chi connectivity index (χ2n) is 3.51. The first kappa shape index (κ1) is 15.2. The summed E-state index contributed by atoms with van der Waals surface area (Å²) in [6.45, 7) is 0. The lowest BCUT2D eigenvalue weighted by molar-refractivity contribution is -0.141. The molecule has 0 unspecified atom stereocenters. The van der Waals surface area contributed by atoms with Gasteiger partial charge in [0.25, 0.3) is 0 Å². The predicted molar refractivity (Wildman–Crippen MR) is 53.4 cm³/mol. The molecule has 0 aromatic heterocycles. The molecule has 1 aromatic carbocycles. The van der Waals surface area contributed by atoms with Crippen LogP contribution in [-0.4, -0.2) is 29.3 Å². The van der Waals surface area contributed by atoms with Gasteiger partial charge in [0.15, 0.2) is 17.4 Å². The molecular formula is C10H9F4NO4. The molecule has 0 bridgehead atoms. The van der Waals surface area contributed by atoms with Crippen molar-refractivity contribution in [3.63, 3.8) is 0 Å². The maximum Gasteiger partial charge on any atom is 0.323 e. The molecule has 1 rings (SSSR count). The highest BCUT2D eigenvalue weighted by Crippen LogP contribution is 2.33. The number of carbonyl (C=O) groups is 1. The Bertz CT molecular complexity index is 494. The number of aliphatic carboxylic acids is 1. The quantitative estimate of drug-likeness (QED) is 0.558. The van der Waals surface area contributed by atoms with Crippen molar-refractivity contribution in [1.29, 1.82) is 0 Å². The number of hydrogen-bond donors (Lipinski definition) is 3. The third-order valence-electron chi connectivity index (χ3n) is 2.38. The Morgan fingerprint density at radius 1 is 1.16 bits per heavy atom. The van der Waals surface area contributed by atoms with E-state index in [1.165, 1.54) is 0 Å². The third kappa shape index (κ3) is 2.47. The molecule has 9 heteroatoms. The highest BCUT2D eigenvalue weighted by Gasteiger charge is 2.34. The van der Waals surface area contributed by atoms with Crippen molar-refractivity contribution in [2.24, 2.45) is 5.73 Å². The highest BCUT2D eigenvalue weighted by molar-refractivity contribution is 5.74. The zero-order valence-corrected chi connectivity index (χ0v) is 9.45. The average Bonchev–Trinajstić information content (AvgIpc) is 2.36. The van der Waals surface area contributed by atoms with E-state index in [0.717, 1.165) is 7.11 Å². The number of carboxylic acid groups (broad SMARTS) is 1. The summed E-state index contributed by atoms with van der Waals surface area (Å²) in [5, 5.41) is 17.9. The summed E-state index contributed by atoms with van der Waals surface area (Å²) in [5.74, 6) is -10.9. The van der Waals surface area contributed by atoms with Gasteiger partial charge in [0.2, 0.25) is 11.6 Å². The Kier molecular flexibility index (Phi) is 4.32. The third-order valence-corrected chi connectivity index (χ3v) is 2.38. The molecular weight excluding hydrogens is 274 g/mol. The van der Waals surface area contributed by atoms with Crippen molar-refractivity contribution in [3.8, 4) is 5.75 Å². The van der Waals surface area contributed by atoms with E-state index in [2.05, 4.69) is 4.74 Å². The number of methoxy groups -OCH3 is 1. The largest absolute Gasteiger partial charge is 0.491 e. The molecule has 5 nitrogen and oxygen atoms in total. The fourth-order valence-corrected chi connectivity index (χ4v) is 1.38. The van der Waals surface area contributed by atoms with Crippen LogP contribution in [0.1, 0.15) is 11.7 Å². The van der Waals surface area contributed by atoms with Gasteiger partial charge in [-0.05, 0) is 0 Å². The van der Waals surface area contributed by atoms with Crippen LogP contribution in [-0.2, 0) is 4.79 Å². The second kappa shape index (κ2) is 5.41. The van der Waals surface area contributed by atoms with Crippen LogP contribution in [0.4, 0.5) is 17.6 Å². The Labute approximate surface area is 104 Å². The van der Waals surface area contributed by atoms with Crippen molar-refractivity contribution in [2.75, 3.05) is 7.11 Å². The lowest BCUT2D eigenvalue weighted by Gasteiger charge is -2.18. The molecule has 0 amide bonds. The van der Waals surface area contributed by atoms with Crippen LogP contribution < -0.4 is 10.5 Å². The lowest BCUT2D eigenvalue weighted by Crippen LogP contribution is -2.37. The topological polar surface area (TPSA) is 92.8 Å². The second-order valence-corrected chi connectivity index (χ2v) is 3.51. The van der Waals surface area contributed by atoms with Crippen molar-refractivity contribution < 1.29 is 37.3 Å². The minimum Gasteiger partial charge on any atom is -0.491 e. The van der Waals surface area contributed by atoms with Crippen LogP contribution in [0, 0.1) is 23.3 Å². The van der Waals surface area contributed by atoms with Gasteiger partial charge in [-0.2, -0.15) is 8.78 Å². The number of rotatable bonds is 4. The standard InChI is InChI=1S/C10H9F4NO4/c1-19-9-5(13)3(11)2(4(12)6(9)14)8(16)7(15)10(17)18/h7-8,16H,15H2,1H3,(H,17,18)/t7-,8+/m1/s1. The lowest BCUT2D eigenvalue weighted by atomic mass is 10.0. The summed E-state index contributed by atoms with van der Waals surface area (Å²) in [6.07, 6.45) is -2.47. The van der Waals surface area contributed by atoms with Gasteiger partial charge in [0.05, 0.1) is 12.7 Å². The van der Waals surface area contributed by atoms with E-state index in [9.17, 15) is 27.5 Å². The fourth-order valence-electron chi connectivity index (χ4n) is 1.38. The molecule has 0 radical (unpaired) electrons. The molecule has 0 heterocycles. The number of hydrogen-bond acceptors (Lipinski definition) is 4. The molecule has 0 spiro atoms. The van der Waals surface area contributed by atoms with Crippen LogP contribution in [0.15, 0.2) is 0 Å². The minimum absolute atomic E-state index is 0.777. The molecule has 19 heavy (non-hydrogen) atoms. The molecule has 1 aromatic rings. The first-order valence-corrected chi connectivity index (χ1v) is 4.80. The van der Waals surface area contributed by atoms with Crippen molar-refractivity contribution >= 4 is 5.97 Å². The number of aliphatic hydroxyl groups is 1. The molecule has 0 aliphatic rings. The van der Waals surface area contributed by atoms with E-state index in [1.54, 1.807) is 0 Å². The molecule has 0 saturated heterocycles. The minimum atomic E-state index is -2.47. The van der Waals surface area contributed by atoms with Crippen LogP contribution in [0.3, 0.4) is 0 Å². The Balaban J connectivity index is 3.49. The zero-order valence-electron chi connectivity index (χ0n) is 9.45. The van der Waals surface area contributed by atoms with Crippen LogP contribution in [0.5, 0.6) is 5.75 Å². The Morgan fingerprint density at radius 3 is 1.89 bits per heavy atom. The van der Waals surface area contributed by atoms with Gasteiger partial charge in [0.1, 0.15) is 12.1 Å². The molecule has 4 N–H and O–H groups in total. The molecule has 0 saturated carbocycles. The van der Waals surface area contributed by atoms with Crippen molar-refractivity contribution in [1.82, 2.24) is 0 Å². The summed E-state index contributed by atoms with van der Waals surface area (Å²) >= 11 is 0. The van der Waals surface area contributed by atoms with Gasteiger partial charge in [-0.3, -0.25) is 4.79 Å². The van der Waals surface area contributed by atoms with E-state index in [-0.39, 0.29) is 0 Å². The van der Waals surface area contributed by atoms with E-state index in [0.29, 0.717) is 0 Å². The number of ether oxygens (including phenoxy) is 1. The van der Waals surface area contributed by atoms with Crippen molar-refractivity contribution in [3.05, 3.63) is 28.8 Å². The van der Waals surface area contributed by atoms with Gasteiger partial charge in [0, 0.05) is 0 Å². The molecule has 0 aliphatic heterocycles. The average molecular weight is 283 g/mol. The number of benzene rings is 1. The molecule has 0 aliphatic carbocycles. The predicted octanol–water partition coefficient (Wildman–Crippen LogP) is 0.697.